The van der Waals surface area contributed by atoms with Crippen LogP contribution in [0.2, 0.25) is 19.6 Å². The van der Waals surface area contributed by atoms with Gasteiger partial charge in [0, 0.05) is 41.5 Å². The molecule has 0 aliphatic carbocycles. The van der Waals surface area contributed by atoms with Gasteiger partial charge in [0.25, 0.3) is 0 Å². The molecule has 0 saturated heterocycles. The molecule has 6 heteroatoms. The standard InChI is InChI=1S/C50H39N5Si/c1-56(2,3)47-27-26-44(45-16-4-5-17-46(45)47)40-12-6-10-38(30-40)39-11-7-13-41(31-39)50-54-48(36-22-18-34(19-23-36)42-14-8-28-51-32-42)53-49(55-50)37-24-20-35(21-25-37)43-15-9-29-52-33-43/h4-33H,1-3H3. The van der Waals surface area contributed by atoms with Crippen LogP contribution in [0, 0.1) is 0 Å². The van der Waals surface area contributed by atoms with E-state index in [4.69, 9.17) is 15.0 Å². The molecule has 9 aromatic rings. The predicted octanol–water partition coefficient (Wildman–Crippen LogP) is 12.0. The van der Waals surface area contributed by atoms with Gasteiger partial charge in [0.2, 0.25) is 0 Å². The third-order valence-electron chi connectivity index (χ3n) is 10.3. The van der Waals surface area contributed by atoms with Gasteiger partial charge in [-0.2, -0.15) is 0 Å². The molecule has 9 rings (SSSR count). The fourth-order valence-electron chi connectivity index (χ4n) is 7.36. The van der Waals surface area contributed by atoms with Crippen LogP contribution in [0.25, 0.3) is 89.4 Å². The van der Waals surface area contributed by atoms with Crippen molar-refractivity contribution in [3.8, 4) is 78.7 Å². The van der Waals surface area contributed by atoms with E-state index in [1.807, 2.05) is 24.5 Å². The Bertz CT molecular complexity index is 2710. The van der Waals surface area contributed by atoms with Crippen LogP contribution in [-0.2, 0) is 0 Å². The van der Waals surface area contributed by atoms with E-state index in [1.165, 1.54) is 27.1 Å². The van der Waals surface area contributed by atoms with E-state index in [9.17, 15) is 0 Å². The zero-order valence-electron chi connectivity index (χ0n) is 31.6. The summed E-state index contributed by atoms with van der Waals surface area (Å²) < 4.78 is 0. The minimum absolute atomic E-state index is 0.611. The zero-order chi connectivity index (χ0) is 38.1. The number of hydrogen-bond donors (Lipinski definition) is 0. The monoisotopic (exact) mass is 737 g/mol. The van der Waals surface area contributed by atoms with Crippen molar-refractivity contribution in [3.63, 3.8) is 0 Å². The van der Waals surface area contributed by atoms with Crippen molar-refractivity contribution in [2.75, 3.05) is 0 Å². The second kappa shape index (κ2) is 14.7. The number of pyridine rings is 2. The normalized spacial score (nSPS) is 11.5. The number of aromatic nitrogens is 5. The molecule has 0 fully saturated rings. The summed E-state index contributed by atoms with van der Waals surface area (Å²) in [6.07, 6.45) is 7.32. The first-order chi connectivity index (χ1) is 27.4. The summed E-state index contributed by atoms with van der Waals surface area (Å²) in [4.78, 5) is 23.8. The van der Waals surface area contributed by atoms with Gasteiger partial charge in [-0.15, -0.1) is 0 Å². The Morgan fingerprint density at radius 3 is 1.30 bits per heavy atom. The Morgan fingerprint density at radius 1 is 0.339 bits per heavy atom. The molecule has 0 spiro atoms. The largest absolute Gasteiger partial charge is 0.264 e. The molecule has 3 heterocycles. The first-order valence-electron chi connectivity index (χ1n) is 18.9. The first kappa shape index (κ1) is 34.8. The maximum absolute atomic E-state index is 5.09. The lowest BCUT2D eigenvalue weighted by Gasteiger charge is -2.21. The molecule has 56 heavy (non-hydrogen) atoms. The van der Waals surface area contributed by atoms with Crippen LogP contribution >= 0.6 is 0 Å². The molecule has 5 nitrogen and oxygen atoms in total. The zero-order valence-corrected chi connectivity index (χ0v) is 32.6. The summed E-state index contributed by atoms with van der Waals surface area (Å²) in [7, 11) is -1.53. The third-order valence-corrected chi connectivity index (χ3v) is 12.3. The van der Waals surface area contributed by atoms with Crippen molar-refractivity contribution >= 4 is 24.0 Å². The number of hydrogen-bond acceptors (Lipinski definition) is 5. The van der Waals surface area contributed by atoms with Crippen LogP contribution < -0.4 is 5.19 Å². The van der Waals surface area contributed by atoms with E-state index in [1.54, 1.807) is 12.4 Å². The molecular weight excluding hydrogens is 699 g/mol. The summed E-state index contributed by atoms with van der Waals surface area (Å²) in [6.45, 7) is 7.25. The topological polar surface area (TPSA) is 64.5 Å². The van der Waals surface area contributed by atoms with E-state index < -0.39 is 8.07 Å². The molecule has 0 aliphatic heterocycles. The van der Waals surface area contributed by atoms with Crippen LogP contribution in [0.15, 0.2) is 183 Å². The van der Waals surface area contributed by atoms with Crippen LogP contribution in [-0.4, -0.2) is 33.0 Å². The molecule has 0 atom stereocenters. The molecular formula is C50H39N5Si. The van der Waals surface area contributed by atoms with Gasteiger partial charge in [-0.3, -0.25) is 9.97 Å². The number of nitrogens with zero attached hydrogens (tertiary/aromatic N) is 5. The number of rotatable bonds is 8. The van der Waals surface area contributed by atoms with Crippen molar-refractivity contribution in [3.05, 3.63) is 183 Å². The molecule has 0 unspecified atom stereocenters. The highest BCUT2D eigenvalue weighted by atomic mass is 28.3. The molecule has 0 bridgehead atoms. The summed E-state index contributed by atoms with van der Waals surface area (Å²) in [5, 5.41) is 4.15. The van der Waals surface area contributed by atoms with E-state index in [0.29, 0.717) is 17.5 Å². The smallest absolute Gasteiger partial charge is 0.164 e. The van der Waals surface area contributed by atoms with Gasteiger partial charge < -0.3 is 0 Å². The summed E-state index contributed by atoms with van der Waals surface area (Å²) in [5.74, 6) is 1.84. The predicted molar refractivity (Wildman–Crippen MR) is 234 cm³/mol. The van der Waals surface area contributed by atoms with E-state index in [0.717, 1.165) is 50.1 Å². The highest BCUT2D eigenvalue weighted by molar-refractivity contribution is 6.90. The summed E-state index contributed by atoms with van der Waals surface area (Å²) in [5.41, 5.74) is 11.7. The lowest BCUT2D eigenvalue weighted by atomic mass is 9.94. The van der Waals surface area contributed by atoms with Gasteiger partial charge in [0.05, 0.1) is 8.07 Å². The van der Waals surface area contributed by atoms with Crippen molar-refractivity contribution in [2.24, 2.45) is 0 Å². The minimum atomic E-state index is -1.53. The Balaban J connectivity index is 1.11. The Labute approximate surface area is 328 Å². The molecule has 0 radical (unpaired) electrons. The van der Waals surface area contributed by atoms with Gasteiger partial charge in [-0.25, -0.2) is 15.0 Å². The molecule has 0 aliphatic rings. The Kier molecular flexibility index (Phi) is 9.17. The average Bonchev–Trinajstić information content (AvgIpc) is 3.26. The lowest BCUT2D eigenvalue weighted by molar-refractivity contribution is 1.07. The third kappa shape index (κ3) is 7.06. The Morgan fingerprint density at radius 2 is 0.786 bits per heavy atom. The van der Waals surface area contributed by atoms with E-state index in [-0.39, 0.29) is 0 Å². The number of benzene rings is 6. The first-order valence-corrected chi connectivity index (χ1v) is 22.4. The highest BCUT2D eigenvalue weighted by Crippen LogP contribution is 2.34. The SMILES string of the molecule is C[Si](C)(C)c1ccc(-c2cccc(-c3cccc(-c4nc(-c5ccc(-c6cccnc6)cc5)nc(-c5ccc(-c6cccnc6)cc5)n4)c3)c2)c2ccccc12. The maximum Gasteiger partial charge on any atom is 0.164 e. The Hall–Kier alpha value is -6.89. The van der Waals surface area contributed by atoms with Gasteiger partial charge >= 0.3 is 0 Å². The maximum atomic E-state index is 5.09. The van der Waals surface area contributed by atoms with Gasteiger partial charge in [0.1, 0.15) is 0 Å². The van der Waals surface area contributed by atoms with Crippen molar-refractivity contribution in [1.82, 2.24) is 24.9 Å². The van der Waals surface area contributed by atoms with Crippen molar-refractivity contribution in [2.45, 2.75) is 19.6 Å². The van der Waals surface area contributed by atoms with Gasteiger partial charge in [-0.1, -0.05) is 158 Å². The molecule has 0 N–H and O–H groups in total. The second-order valence-corrected chi connectivity index (χ2v) is 20.1. The lowest BCUT2D eigenvalue weighted by Crippen LogP contribution is -2.38. The van der Waals surface area contributed by atoms with Gasteiger partial charge in [0.15, 0.2) is 17.5 Å². The average molecular weight is 738 g/mol. The van der Waals surface area contributed by atoms with E-state index >= 15 is 0 Å². The van der Waals surface area contributed by atoms with Crippen LogP contribution in [0.3, 0.4) is 0 Å². The molecule has 0 saturated carbocycles. The summed E-state index contributed by atoms with van der Waals surface area (Å²) in [6, 6.07) is 55.5. The molecule has 6 aromatic carbocycles. The van der Waals surface area contributed by atoms with E-state index in [2.05, 4.69) is 175 Å². The molecule has 268 valence electrons. The van der Waals surface area contributed by atoms with Crippen molar-refractivity contribution in [1.29, 1.82) is 0 Å². The fourth-order valence-corrected chi connectivity index (χ4v) is 8.97. The van der Waals surface area contributed by atoms with Crippen LogP contribution in [0.4, 0.5) is 0 Å². The van der Waals surface area contributed by atoms with Gasteiger partial charge in [-0.05, 0) is 79.5 Å². The summed E-state index contributed by atoms with van der Waals surface area (Å²) >= 11 is 0. The second-order valence-electron chi connectivity index (χ2n) is 15.1. The molecule has 3 aromatic heterocycles. The number of fused-ring (bicyclic) bond motifs is 1. The van der Waals surface area contributed by atoms with Crippen LogP contribution in [0.1, 0.15) is 0 Å². The highest BCUT2D eigenvalue weighted by Gasteiger charge is 2.21. The fraction of sp³-hybridized carbons (Fsp3) is 0.0600. The van der Waals surface area contributed by atoms with Crippen molar-refractivity contribution < 1.29 is 0 Å². The van der Waals surface area contributed by atoms with Crippen LogP contribution in [0.5, 0.6) is 0 Å². The minimum Gasteiger partial charge on any atom is -0.264 e. The quantitative estimate of drug-likeness (QED) is 0.145. The molecule has 0 amide bonds.